The lowest BCUT2D eigenvalue weighted by atomic mass is 10.00. The van der Waals surface area contributed by atoms with Crippen molar-refractivity contribution in [2.24, 2.45) is 0 Å². The molecule has 2 atom stereocenters. The number of thioether (sulfide) groups is 1. The highest BCUT2D eigenvalue weighted by molar-refractivity contribution is 8.00. The molecule has 1 aromatic carbocycles. The maximum atomic E-state index is 12.9. The number of aryl methyl sites for hydroxylation is 1. The Kier molecular flexibility index (Phi) is 5.73. The normalized spacial score (nSPS) is 19.0. The SMILES string of the molecule is CC[C@H]1CCCCN1C(=O)[C@@H](C)Sc1nnnn1-c1cccc(C)c1. The van der Waals surface area contributed by atoms with Crippen molar-refractivity contribution < 1.29 is 4.79 Å². The fraction of sp³-hybridized carbons (Fsp3) is 0.556. The summed E-state index contributed by atoms with van der Waals surface area (Å²) in [6.07, 6.45) is 4.45. The van der Waals surface area contributed by atoms with Gasteiger partial charge in [-0.1, -0.05) is 30.8 Å². The highest BCUT2D eigenvalue weighted by Crippen LogP contribution is 2.27. The summed E-state index contributed by atoms with van der Waals surface area (Å²) >= 11 is 1.43. The van der Waals surface area contributed by atoms with Crippen molar-refractivity contribution in [1.29, 1.82) is 0 Å². The topological polar surface area (TPSA) is 63.9 Å². The standard InChI is InChI=1S/C18H25N5OS/c1-4-15-9-5-6-11-22(15)17(24)14(3)25-18-19-20-21-23(18)16-10-7-8-13(2)12-16/h7-8,10,12,14-15H,4-6,9,11H2,1-3H3/t14-,15+/m1/s1. The van der Waals surface area contributed by atoms with E-state index in [1.165, 1.54) is 18.2 Å². The maximum absolute atomic E-state index is 12.9. The summed E-state index contributed by atoms with van der Waals surface area (Å²) in [4.78, 5) is 15.0. The number of carbonyl (C=O) groups excluding carboxylic acids is 1. The molecule has 0 saturated carbocycles. The first-order valence-electron chi connectivity index (χ1n) is 8.92. The molecular formula is C18H25N5OS. The van der Waals surface area contributed by atoms with Crippen molar-refractivity contribution in [3.05, 3.63) is 29.8 Å². The first-order valence-corrected chi connectivity index (χ1v) is 9.80. The van der Waals surface area contributed by atoms with Crippen LogP contribution in [0.1, 0.15) is 45.1 Å². The number of tetrazole rings is 1. The third-order valence-corrected chi connectivity index (χ3v) is 5.72. The summed E-state index contributed by atoms with van der Waals surface area (Å²) in [6.45, 7) is 7.01. The van der Waals surface area contributed by atoms with E-state index in [0.717, 1.165) is 37.1 Å². The predicted molar refractivity (Wildman–Crippen MR) is 98.9 cm³/mol. The van der Waals surface area contributed by atoms with Crippen LogP contribution in [0.3, 0.4) is 0 Å². The van der Waals surface area contributed by atoms with Gasteiger partial charge in [0.2, 0.25) is 11.1 Å². The minimum absolute atomic E-state index is 0.190. The molecule has 2 aromatic rings. The quantitative estimate of drug-likeness (QED) is 0.767. The van der Waals surface area contributed by atoms with Gasteiger partial charge in [0, 0.05) is 12.6 Å². The zero-order valence-electron chi connectivity index (χ0n) is 15.1. The van der Waals surface area contributed by atoms with E-state index in [1.54, 1.807) is 4.68 Å². The third kappa shape index (κ3) is 4.03. The number of rotatable bonds is 5. The number of aromatic nitrogens is 4. The molecule has 3 rings (SSSR count). The second kappa shape index (κ2) is 7.99. The van der Waals surface area contributed by atoms with E-state index in [2.05, 4.69) is 27.3 Å². The van der Waals surface area contributed by atoms with E-state index in [9.17, 15) is 4.79 Å². The van der Waals surface area contributed by atoms with Crippen LogP contribution in [0.2, 0.25) is 0 Å². The van der Waals surface area contributed by atoms with E-state index in [-0.39, 0.29) is 11.2 Å². The van der Waals surface area contributed by atoms with Crippen molar-refractivity contribution in [3.63, 3.8) is 0 Å². The molecule has 0 aliphatic carbocycles. The molecule has 1 aromatic heterocycles. The summed E-state index contributed by atoms with van der Waals surface area (Å²) in [5.74, 6) is 0.190. The van der Waals surface area contributed by atoms with Gasteiger partial charge in [0.05, 0.1) is 10.9 Å². The minimum Gasteiger partial charge on any atom is -0.339 e. The van der Waals surface area contributed by atoms with E-state index in [0.29, 0.717) is 11.2 Å². The van der Waals surface area contributed by atoms with Crippen molar-refractivity contribution >= 4 is 17.7 Å². The first-order chi connectivity index (χ1) is 12.1. The third-order valence-electron chi connectivity index (χ3n) is 4.70. The van der Waals surface area contributed by atoms with Gasteiger partial charge in [0.15, 0.2) is 0 Å². The van der Waals surface area contributed by atoms with E-state index >= 15 is 0 Å². The number of hydrogen-bond acceptors (Lipinski definition) is 5. The predicted octanol–water partition coefficient (Wildman–Crippen LogP) is 3.24. The molecule has 0 N–H and O–H groups in total. The molecule has 0 unspecified atom stereocenters. The largest absolute Gasteiger partial charge is 0.339 e. The van der Waals surface area contributed by atoms with Crippen LogP contribution in [-0.4, -0.2) is 48.9 Å². The Bertz CT molecular complexity index is 732. The summed E-state index contributed by atoms with van der Waals surface area (Å²) < 4.78 is 1.70. The van der Waals surface area contributed by atoms with E-state index < -0.39 is 0 Å². The van der Waals surface area contributed by atoms with Crippen LogP contribution in [0.15, 0.2) is 29.4 Å². The second-order valence-electron chi connectivity index (χ2n) is 6.56. The zero-order chi connectivity index (χ0) is 17.8. The lowest BCUT2D eigenvalue weighted by molar-refractivity contribution is -0.134. The van der Waals surface area contributed by atoms with E-state index in [1.807, 2.05) is 38.1 Å². The number of hydrogen-bond donors (Lipinski definition) is 0. The highest BCUT2D eigenvalue weighted by atomic mass is 32.2. The maximum Gasteiger partial charge on any atom is 0.236 e. The number of carbonyl (C=O) groups is 1. The molecule has 1 amide bonds. The van der Waals surface area contributed by atoms with Crippen LogP contribution in [0.4, 0.5) is 0 Å². The molecule has 0 spiro atoms. The molecule has 7 heteroatoms. The molecule has 6 nitrogen and oxygen atoms in total. The van der Waals surface area contributed by atoms with Gasteiger partial charge in [0.25, 0.3) is 0 Å². The molecule has 2 heterocycles. The van der Waals surface area contributed by atoms with Crippen LogP contribution in [0.5, 0.6) is 0 Å². The van der Waals surface area contributed by atoms with Gasteiger partial charge in [0.1, 0.15) is 0 Å². The molecule has 1 aliphatic heterocycles. The van der Waals surface area contributed by atoms with Crippen LogP contribution < -0.4 is 0 Å². The number of likely N-dealkylation sites (tertiary alicyclic amines) is 1. The molecule has 134 valence electrons. The van der Waals surface area contributed by atoms with Crippen molar-refractivity contribution in [3.8, 4) is 5.69 Å². The first kappa shape index (κ1) is 17.9. The number of amides is 1. The van der Waals surface area contributed by atoms with Crippen molar-refractivity contribution in [2.75, 3.05) is 6.54 Å². The minimum atomic E-state index is -0.207. The van der Waals surface area contributed by atoms with Crippen LogP contribution in [0, 0.1) is 6.92 Å². The number of benzene rings is 1. The smallest absolute Gasteiger partial charge is 0.236 e. The van der Waals surface area contributed by atoms with Gasteiger partial charge in [-0.15, -0.1) is 5.10 Å². The summed E-state index contributed by atoms with van der Waals surface area (Å²) in [7, 11) is 0. The highest BCUT2D eigenvalue weighted by Gasteiger charge is 2.30. The molecule has 0 bridgehead atoms. The fourth-order valence-corrected chi connectivity index (χ4v) is 4.21. The van der Waals surface area contributed by atoms with Gasteiger partial charge in [-0.05, 0) is 67.7 Å². The van der Waals surface area contributed by atoms with Gasteiger partial charge in [-0.3, -0.25) is 4.79 Å². The van der Waals surface area contributed by atoms with E-state index in [4.69, 9.17) is 0 Å². The fourth-order valence-electron chi connectivity index (χ4n) is 3.33. The zero-order valence-corrected chi connectivity index (χ0v) is 15.9. The van der Waals surface area contributed by atoms with Crippen LogP contribution in [0.25, 0.3) is 5.69 Å². The van der Waals surface area contributed by atoms with Crippen LogP contribution in [-0.2, 0) is 4.79 Å². The Morgan fingerprint density at radius 2 is 2.24 bits per heavy atom. The molecule has 25 heavy (non-hydrogen) atoms. The molecule has 1 saturated heterocycles. The lowest BCUT2D eigenvalue weighted by Crippen LogP contribution is -2.46. The Balaban J connectivity index is 1.74. The Morgan fingerprint density at radius 3 is 3.00 bits per heavy atom. The molecular weight excluding hydrogens is 334 g/mol. The second-order valence-corrected chi connectivity index (χ2v) is 7.87. The molecule has 1 aliphatic rings. The summed E-state index contributed by atoms with van der Waals surface area (Å²) in [6, 6.07) is 8.39. The monoisotopic (exact) mass is 359 g/mol. The van der Waals surface area contributed by atoms with Gasteiger partial charge >= 0.3 is 0 Å². The van der Waals surface area contributed by atoms with Crippen molar-refractivity contribution in [2.45, 2.75) is 62.9 Å². The van der Waals surface area contributed by atoms with Crippen molar-refractivity contribution in [1.82, 2.24) is 25.1 Å². The lowest BCUT2D eigenvalue weighted by Gasteiger charge is -2.36. The summed E-state index contributed by atoms with van der Waals surface area (Å²) in [5, 5.41) is 12.5. The van der Waals surface area contributed by atoms with Gasteiger partial charge in [-0.25, -0.2) is 0 Å². The molecule has 0 radical (unpaired) electrons. The Hall–Kier alpha value is -1.89. The Morgan fingerprint density at radius 1 is 1.40 bits per heavy atom. The Labute approximate surface area is 153 Å². The van der Waals surface area contributed by atoms with Gasteiger partial charge < -0.3 is 4.90 Å². The average molecular weight is 359 g/mol. The number of piperidine rings is 1. The van der Waals surface area contributed by atoms with Crippen LogP contribution >= 0.6 is 11.8 Å². The summed E-state index contributed by atoms with van der Waals surface area (Å²) in [5.41, 5.74) is 2.06. The van der Waals surface area contributed by atoms with Gasteiger partial charge in [-0.2, -0.15) is 4.68 Å². The number of nitrogens with zero attached hydrogens (tertiary/aromatic N) is 5. The average Bonchev–Trinajstić information content (AvgIpc) is 3.09. The molecule has 1 fully saturated rings.